The van der Waals surface area contributed by atoms with Crippen molar-refractivity contribution in [3.05, 3.63) is 48.5 Å². The number of carbonyl (C=O) groups excluding carboxylic acids is 1. The first-order chi connectivity index (χ1) is 7.40. The van der Waals surface area contributed by atoms with Gasteiger partial charge in [0, 0.05) is 18.1 Å². The summed E-state index contributed by atoms with van der Waals surface area (Å²) in [5.41, 5.74) is 2.02. The van der Waals surface area contributed by atoms with E-state index >= 15 is 0 Å². The number of rotatable bonds is 3. The van der Waals surface area contributed by atoms with E-state index in [1.165, 1.54) is 6.08 Å². The van der Waals surface area contributed by atoms with Gasteiger partial charge >= 0.3 is 0 Å². The van der Waals surface area contributed by atoms with Crippen LogP contribution in [0.5, 0.6) is 0 Å². The molecule has 74 valence electrons. The van der Waals surface area contributed by atoms with Crippen LogP contribution in [0.4, 0.5) is 0 Å². The number of benzene rings is 1. The molecular formula is C11H9N3O. The molecule has 0 spiro atoms. The Morgan fingerprint density at radius 1 is 1.33 bits per heavy atom. The lowest BCUT2D eigenvalue weighted by molar-refractivity contribution is 0.563. The largest absolute Gasteiger partial charge is 0.306 e. The Hall–Kier alpha value is -2.19. The summed E-state index contributed by atoms with van der Waals surface area (Å²) in [6.45, 7) is 0.383. The number of hydrogen-bond acceptors (Lipinski definition) is 3. The number of aliphatic imine (C=N–C) groups is 1. The molecule has 15 heavy (non-hydrogen) atoms. The maximum absolute atomic E-state index is 9.93. The lowest BCUT2D eigenvalue weighted by Gasteiger charge is -2.02. The van der Waals surface area contributed by atoms with Gasteiger partial charge in [-0.1, -0.05) is 12.1 Å². The van der Waals surface area contributed by atoms with Crippen molar-refractivity contribution >= 4 is 6.08 Å². The average molecular weight is 199 g/mol. The molecule has 1 heterocycles. The highest BCUT2D eigenvalue weighted by Gasteiger charge is 1.95. The maximum atomic E-state index is 9.93. The normalized spacial score (nSPS) is 9.60. The fourth-order valence-electron chi connectivity index (χ4n) is 1.31. The van der Waals surface area contributed by atoms with Gasteiger partial charge in [-0.15, -0.1) is 0 Å². The van der Waals surface area contributed by atoms with Crippen LogP contribution >= 0.6 is 0 Å². The maximum Gasteiger partial charge on any atom is 0.235 e. The molecule has 0 aliphatic heterocycles. The van der Waals surface area contributed by atoms with Crippen molar-refractivity contribution in [2.75, 3.05) is 0 Å². The monoisotopic (exact) mass is 199 g/mol. The van der Waals surface area contributed by atoms with E-state index in [0.29, 0.717) is 6.54 Å². The van der Waals surface area contributed by atoms with Crippen molar-refractivity contribution in [2.45, 2.75) is 6.54 Å². The molecule has 0 amide bonds. The second-order valence-electron chi connectivity index (χ2n) is 3.04. The SMILES string of the molecule is O=C=NCc1ccc(-n2ccnc2)cc1. The van der Waals surface area contributed by atoms with Gasteiger partial charge in [-0.05, 0) is 17.7 Å². The third-order valence-corrected chi connectivity index (χ3v) is 2.07. The molecule has 2 rings (SSSR count). The van der Waals surface area contributed by atoms with E-state index in [0.717, 1.165) is 11.3 Å². The summed E-state index contributed by atoms with van der Waals surface area (Å²) in [5, 5.41) is 0. The minimum atomic E-state index is 0.383. The molecule has 0 radical (unpaired) electrons. The Bertz CT molecular complexity index is 467. The molecule has 0 bridgehead atoms. The van der Waals surface area contributed by atoms with Crippen molar-refractivity contribution in [1.29, 1.82) is 0 Å². The zero-order valence-electron chi connectivity index (χ0n) is 8.00. The van der Waals surface area contributed by atoms with Crippen LogP contribution < -0.4 is 0 Å². The summed E-state index contributed by atoms with van der Waals surface area (Å²) in [4.78, 5) is 17.4. The van der Waals surface area contributed by atoms with Crippen molar-refractivity contribution in [3.63, 3.8) is 0 Å². The Balaban J connectivity index is 2.21. The number of isocyanates is 1. The van der Waals surface area contributed by atoms with Gasteiger partial charge in [0.1, 0.15) is 0 Å². The predicted octanol–water partition coefficient (Wildman–Crippen LogP) is 1.71. The molecule has 0 fully saturated rings. The van der Waals surface area contributed by atoms with E-state index in [9.17, 15) is 4.79 Å². The lowest BCUT2D eigenvalue weighted by Crippen LogP contribution is -1.90. The smallest absolute Gasteiger partial charge is 0.235 e. The third-order valence-electron chi connectivity index (χ3n) is 2.07. The number of imidazole rings is 1. The summed E-state index contributed by atoms with van der Waals surface area (Å²) in [6.07, 6.45) is 6.85. The summed E-state index contributed by atoms with van der Waals surface area (Å²) >= 11 is 0. The lowest BCUT2D eigenvalue weighted by atomic mass is 10.2. The molecule has 0 saturated heterocycles. The quantitative estimate of drug-likeness (QED) is 0.558. The first-order valence-corrected chi connectivity index (χ1v) is 4.51. The minimum absolute atomic E-state index is 0.383. The standard InChI is InChI=1S/C11H9N3O/c15-9-13-7-10-1-3-11(4-2-10)14-6-5-12-8-14/h1-6,8H,7H2. The topological polar surface area (TPSA) is 47.2 Å². The van der Waals surface area contributed by atoms with Gasteiger partial charge in [0.15, 0.2) is 0 Å². The molecule has 1 aromatic carbocycles. The summed E-state index contributed by atoms with van der Waals surface area (Å²) in [6, 6.07) is 7.76. The number of nitrogens with zero attached hydrogens (tertiary/aromatic N) is 3. The van der Waals surface area contributed by atoms with Crippen molar-refractivity contribution in [1.82, 2.24) is 9.55 Å². The zero-order valence-corrected chi connectivity index (χ0v) is 8.00. The van der Waals surface area contributed by atoms with E-state index in [1.54, 1.807) is 12.5 Å². The van der Waals surface area contributed by atoms with Crippen LogP contribution in [0.2, 0.25) is 0 Å². The van der Waals surface area contributed by atoms with E-state index in [4.69, 9.17) is 0 Å². The van der Waals surface area contributed by atoms with Crippen LogP contribution in [-0.2, 0) is 11.3 Å². The Morgan fingerprint density at radius 3 is 2.73 bits per heavy atom. The van der Waals surface area contributed by atoms with Gasteiger partial charge in [-0.25, -0.2) is 14.8 Å². The van der Waals surface area contributed by atoms with Crippen LogP contribution in [0.25, 0.3) is 5.69 Å². The first-order valence-electron chi connectivity index (χ1n) is 4.51. The molecule has 1 aromatic heterocycles. The van der Waals surface area contributed by atoms with E-state index in [-0.39, 0.29) is 0 Å². The minimum Gasteiger partial charge on any atom is -0.306 e. The Kier molecular flexibility index (Phi) is 2.72. The van der Waals surface area contributed by atoms with Crippen LogP contribution in [0.3, 0.4) is 0 Å². The van der Waals surface area contributed by atoms with Gasteiger partial charge in [-0.2, -0.15) is 0 Å². The van der Waals surface area contributed by atoms with Crippen LogP contribution in [0, 0.1) is 0 Å². The molecule has 0 atom stereocenters. The fourth-order valence-corrected chi connectivity index (χ4v) is 1.31. The fraction of sp³-hybridized carbons (Fsp3) is 0.0909. The first kappa shape index (κ1) is 9.37. The molecule has 4 heteroatoms. The average Bonchev–Trinajstić information content (AvgIpc) is 2.80. The van der Waals surface area contributed by atoms with E-state index in [2.05, 4.69) is 9.98 Å². The second kappa shape index (κ2) is 4.35. The summed E-state index contributed by atoms with van der Waals surface area (Å²) in [7, 11) is 0. The molecule has 0 aliphatic rings. The summed E-state index contributed by atoms with van der Waals surface area (Å²) in [5.74, 6) is 0. The van der Waals surface area contributed by atoms with Crippen LogP contribution in [0.1, 0.15) is 5.56 Å². The molecule has 0 unspecified atom stereocenters. The third kappa shape index (κ3) is 2.18. The summed E-state index contributed by atoms with van der Waals surface area (Å²) < 4.78 is 1.91. The molecule has 0 saturated carbocycles. The second-order valence-corrected chi connectivity index (χ2v) is 3.04. The predicted molar refractivity (Wildman–Crippen MR) is 55.4 cm³/mol. The van der Waals surface area contributed by atoms with Crippen molar-refractivity contribution in [3.8, 4) is 5.69 Å². The highest BCUT2D eigenvalue weighted by molar-refractivity contribution is 5.36. The molecule has 2 aromatic rings. The van der Waals surface area contributed by atoms with Gasteiger partial charge in [0.05, 0.1) is 12.9 Å². The highest BCUT2D eigenvalue weighted by atomic mass is 16.1. The zero-order chi connectivity index (χ0) is 10.5. The van der Waals surface area contributed by atoms with E-state index < -0.39 is 0 Å². The number of aromatic nitrogens is 2. The molecule has 4 nitrogen and oxygen atoms in total. The van der Waals surface area contributed by atoms with Crippen molar-refractivity contribution < 1.29 is 4.79 Å². The van der Waals surface area contributed by atoms with Gasteiger partial charge in [-0.3, -0.25) is 0 Å². The molecule has 0 N–H and O–H groups in total. The number of hydrogen-bond donors (Lipinski definition) is 0. The van der Waals surface area contributed by atoms with Crippen LogP contribution in [-0.4, -0.2) is 15.6 Å². The Morgan fingerprint density at radius 2 is 2.13 bits per heavy atom. The molecular weight excluding hydrogens is 190 g/mol. The van der Waals surface area contributed by atoms with Gasteiger partial charge < -0.3 is 4.57 Å². The van der Waals surface area contributed by atoms with E-state index in [1.807, 2.05) is 35.0 Å². The van der Waals surface area contributed by atoms with Gasteiger partial charge in [0.25, 0.3) is 0 Å². The van der Waals surface area contributed by atoms with Crippen LogP contribution in [0.15, 0.2) is 48.0 Å². The van der Waals surface area contributed by atoms with Crippen molar-refractivity contribution in [2.24, 2.45) is 4.99 Å². The Labute approximate surface area is 86.9 Å². The van der Waals surface area contributed by atoms with Gasteiger partial charge in [0.2, 0.25) is 6.08 Å². The highest BCUT2D eigenvalue weighted by Crippen LogP contribution is 2.09. The molecule has 0 aliphatic carbocycles.